The Morgan fingerprint density at radius 3 is 2.69 bits per heavy atom. The van der Waals surface area contributed by atoms with E-state index in [1.165, 1.54) is 17.8 Å². The second kappa shape index (κ2) is 8.23. The van der Waals surface area contributed by atoms with Crippen LogP contribution in [0, 0.1) is 5.92 Å². The fourth-order valence-electron chi connectivity index (χ4n) is 3.57. The van der Waals surface area contributed by atoms with E-state index in [1.807, 2.05) is 23.4 Å². The van der Waals surface area contributed by atoms with Gasteiger partial charge in [0.2, 0.25) is 0 Å². The van der Waals surface area contributed by atoms with Gasteiger partial charge in [-0.3, -0.25) is 9.59 Å². The van der Waals surface area contributed by atoms with Crippen molar-refractivity contribution in [3.63, 3.8) is 0 Å². The minimum Gasteiger partial charge on any atom is -0.338 e. The predicted octanol–water partition coefficient (Wildman–Crippen LogP) is 5.30. The number of benzene rings is 1. The number of carbonyl (C=O) groups is 2. The lowest BCUT2D eigenvalue weighted by Gasteiger charge is -2.36. The third-order valence-electron chi connectivity index (χ3n) is 5.09. The van der Waals surface area contributed by atoms with E-state index in [0.717, 1.165) is 19.3 Å². The largest absolute Gasteiger partial charge is 0.338 e. The van der Waals surface area contributed by atoms with Crippen molar-refractivity contribution in [2.45, 2.75) is 38.6 Å². The summed E-state index contributed by atoms with van der Waals surface area (Å²) in [7, 11) is 1.87. The van der Waals surface area contributed by atoms with Crippen molar-refractivity contribution in [3.05, 3.63) is 51.2 Å². The first-order chi connectivity index (χ1) is 12.5. The lowest BCUT2D eigenvalue weighted by molar-refractivity contribution is 0.0629. The summed E-state index contributed by atoms with van der Waals surface area (Å²) in [5.74, 6) is 0.246. The van der Waals surface area contributed by atoms with Gasteiger partial charge in [0.05, 0.1) is 15.6 Å². The molecule has 1 saturated carbocycles. The van der Waals surface area contributed by atoms with E-state index >= 15 is 0 Å². The van der Waals surface area contributed by atoms with Gasteiger partial charge in [0.1, 0.15) is 0 Å². The SMILES string of the molecule is CC1CCCCC1N(C)C(=O)c1ccc(Cl)c(NC(=O)c2cccs2)c1. The van der Waals surface area contributed by atoms with Crippen LogP contribution in [0.2, 0.25) is 5.02 Å². The molecular formula is C20H23ClN2O2S. The Balaban J connectivity index is 1.77. The summed E-state index contributed by atoms with van der Waals surface area (Å²) in [4.78, 5) is 27.7. The number of hydrogen-bond donors (Lipinski definition) is 1. The van der Waals surface area contributed by atoms with Crippen LogP contribution >= 0.6 is 22.9 Å². The summed E-state index contributed by atoms with van der Waals surface area (Å²) in [6.45, 7) is 2.21. The van der Waals surface area contributed by atoms with Gasteiger partial charge < -0.3 is 10.2 Å². The van der Waals surface area contributed by atoms with Crippen molar-refractivity contribution in [1.29, 1.82) is 0 Å². The molecule has 0 saturated heterocycles. The molecule has 2 unspecified atom stereocenters. The van der Waals surface area contributed by atoms with Crippen molar-refractivity contribution in [3.8, 4) is 0 Å². The summed E-state index contributed by atoms with van der Waals surface area (Å²) in [6.07, 6.45) is 4.60. The number of anilines is 1. The number of nitrogens with one attached hydrogen (secondary N) is 1. The number of hydrogen-bond acceptors (Lipinski definition) is 3. The maximum absolute atomic E-state index is 12.9. The minimum absolute atomic E-state index is 0.0351. The molecule has 1 aliphatic carbocycles. The zero-order valence-electron chi connectivity index (χ0n) is 15.0. The molecule has 2 amide bonds. The third kappa shape index (κ3) is 4.10. The number of amides is 2. The number of halogens is 1. The zero-order valence-corrected chi connectivity index (χ0v) is 16.6. The molecule has 1 fully saturated rings. The molecule has 1 aliphatic rings. The Kier molecular flexibility index (Phi) is 5.99. The highest BCUT2D eigenvalue weighted by atomic mass is 35.5. The van der Waals surface area contributed by atoms with Crippen LogP contribution in [0.15, 0.2) is 35.7 Å². The van der Waals surface area contributed by atoms with Crippen molar-refractivity contribution in [2.75, 3.05) is 12.4 Å². The third-order valence-corrected chi connectivity index (χ3v) is 6.29. The van der Waals surface area contributed by atoms with Gasteiger partial charge in [-0.25, -0.2) is 0 Å². The fraction of sp³-hybridized carbons (Fsp3) is 0.400. The molecule has 3 rings (SSSR count). The van der Waals surface area contributed by atoms with Crippen LogP contribution in [0.1, 0.15) is 52.6 Å². The van der Waals surface area contributed by atoms with E-state index in [-0.39, 0.29) is 17.9 Å². The number of rotatable bonds is 4. The van der Waals surface area contributed by atoms with Gasteiger partial charge in [-0.05, 0) is 48.4 Å². The predicted molar refractivity (Wildman–Crippen MR) is 107 cm³/mol. The maximum Gasteiger partial charge on any atom is 0.265 e. The molecular weight excluding hydrogens is 368 g/mol. The van der Waals surface area contributed by atoms with E-state index < -0.39 is 0 Å². The van der Waals surface area contributed by atoms with E-state index in [0.29, 0.717) is 27.1 Å². The van der Waals surface area contributed by atoms with Gasteiger partial charge in [-0.1, -0.05) is 37.4 Å². The molecule has 138 valence electrons. The maximum atomic E-state index is 12.9. The molecule has 1 heterocycles. The average Bonchev–Trinajstić information content (AvgIpc) is 3.17. The lowest BCUT2D eigenvalue weighted by Crippen LogP contribution is -2.42. The van der Waals surface area contributed by atoms with E-state index in [9.17, 15) is 9.59 Å². The highest BCUT2D eigenvalue weighted by Gasteiger charge is 2.28. The Morgan fingerprint density at radius 1 is 1.23 bits per heavy atom. The van der Waals surface area contributed by atoms with Gasteiger partial charge in [-0.2, -0.15) is 0 Å². The first-order valence-corrected chi connectivity index (χ1v) is 10.1. The van der Waals surface area contributed by atoms with Crippen molar-refractivity contribution >= 4 is 40.4 Å². The van der Waals surface area contributed by atoms with Gasteiger partial charge in [0.25, 0.3) is 11.8 Å². The summed E-state index contributed by atoms with van der Waals surface area (Å²) in [5, 5.41) is 5.06. The average molecular weight is 391 g/mol. The Labute approximate surface area is 163 Å². The van der Waals surface area contributed by atoms with Crippen LogP contribution in [-0.2, 0) is 0 Å². The highest BCUT2D eigenvalue weighted by Crippen LogP contribution is 2.30. The lowest BCUT2D eigenvalue weighted by atomic mass is 9.85. The van der Waals surface area contributed by atoms with Crippen LogP contribution in [-0.4, -0.2) is 29.8 Å². The quantitative estimate of drug-likeness (QED) is 0.769. The Hall–Kier alpha value is -1.85. The standard InChI is InChI=1S/C20H23ClN2O2S/c1-13-6-3-4-7-17(13)23(2)20(25)14-9-10-15(21)16(12-14)22-19(24)18-8-5-11-26-18/h5,8-13,17H,3-4,6-7H2,1-2H3,(H,22,24). The molecule has 0 spiro atoms. The summed E-state index contributed by atoms with van der Waals surface area (Å²) in [6, 6.07) is 8.88. The number of carbonyl (C=O) groups excluding carboxylic acids is 2. The molecule has 1 N–H and O–H groups in total. The van der Waals surface area contributed by atoms with Crippen molar-refractivity contribution < 1.29 is 9.59 Å². The van der Waals surface area contributed by atoms with Crippen molar-refractivity contribution in [1.82, 2.24) is 4.90 Å². The first-order valence-electron chi connectivity index (χ1n) is 8.89. The molecule has 26 heavy (non-hydrogen) atoms. The highest BCUT2D eigenvalue weighted by molar-refractivity contribution is 7.12. The molecule has 0 radical (unpaired) electrons. The molecule has 2 aromatic rings. The summed E-state index contributed by atoms with van der Waals surface area (Å²) < 4.78 is 0. The van der Waals surface area contributed by atoms with Crippen LogP contribution in [0.5, 0.6) is 0 Å². The van der Waals surface area contributed by atoms with Crippen molar-refractivity contribution in [2.24, 2.45) is 5.92 Å². The van der Waals surface area contributed by atoms with Gasteiger partial charge in [-0.15, -0.1) is 11.3 Å². The first kappa shape index (κ1) is 18.9. The van der Waals surface area contributed by atoms with Gasteiger partial charge in [0.15, 0.2) is 0 Å². The molecule has 0 aliphatic heterocycles. The zero-order chi connectivity index (χ0) is 18.7. The Bertz CT molecular complexity index is 791. The molecule has 2 atom stereocenters. The second-order valence-electron chi connectivity index (χ2n) is 6.87. The van der Waals surface area contributed by atoms with E-state index in [2.05, 4.69) is 12.2 Å². The summed E-state index contributed by atoms with van der Waals surface area (Å²) >= 11 is 7.58. The van der Waals surface area contributed by atoms with Gasteiger partial charge >= 0.3 is 0 Å². The Morgan fingerprint density at radius 2 is 2.00 bits per heavy atom. The van der Waals surface area contributed by atoms with Crippen LogP contribution in [0.25, 0.3) is 0 Å². The molecule has 1 aromatic heterocycles. The van der Waals surface area contributed by atoms with E-state index in [1.54, 1.807) is 24.3 Å². The minimum atomic E-state index is -0.222. The van der Waals surface area contributed by atoms with E-state index in [4.69, 9.17) is 11.6 Å². The summed E-state index contributed by atoms with van der Waals surface area (Å²) in [5.41, 5.74) is 0.997. The van der Waals surface area contributed by atoms with Gasteiger partial charge in [0, 0.05) is 18.7 Å². The van der Waals surface area contributed by atoms with Crippen LogP contribution in [0.3, 0.4) is 0 Å². The fourth-order valence-corrected chi connectivity index (χ4v) is 4.36. The monoisotopic (exact) mass is 390 g/mol. The van der Waals surface area contributed by atoms with Crippen LogP contribution < -0.4 is 5.32 Å². The topological polar surface area (TPSA) is 49.4 Å². The number of thiophene rings is 1. The molecule has 0 bridgehead atoms. The second-order valence-corrected chi connectivity index (χ2v) is 8.23. The molecule has 6 heteroatoms. The molecule has 1 aromatic carbocycles. The molecule has 4 nitrogen and oxygen atoms in total. The number of nitrogens with zero attached hydrogens (tertiary/aromatic N) is 1. The normalized spacial score (nSPS) is 19.8. The van der Waals surface area contributed by atoms with Crippen LogP contribution in [0.4, 0.5) is 5.69 Å². The smallest absolute Gasteiger partial charge is 0.265 e.